The highest BCUT2D eigenvalue weighted by atomic mass is 16.5. The summed E-state index contributed by atoms with van der Waals surface area (Å²) in [4.78, 5) is 0. The predicted octanol–water partition coefficient (Wildman–Crippen LogP) is 3.23. The third-order valence-corrected chi connectivity index (χ3v) is 6.96. The summed E-state index contributed by atoms with van der Waals surface area (Å²) in [7, 11) is -2.59. The molecule has 6 heteroatoms. The first-order valence-corrected chi connectivity index (χ1v) is 12.1. The molecule has 0 aromatic heterocycles. The number of hydrogen-bond acceptors (Lipinski definition) is 4. The Hall–Kier alpha value is -3.15. The Kier molecular flexibility index (Phi) is 6.63. The summed E-state index contributed by atoms with van der Waals surface area (Å²) in [5.74, 6) is 0. The number of unbranched alkanes of at least 4 members (excludes halogenated alkanes) is 1. The van der Waals surface area contributed by atoms with Crippen LogP contribution in [0.3, 0.4) is 0 Å². The summed E-state index contributed by atoms with van der Waals surface area (Å²) in [5.41, 5.74) is 6.67. The van der Waals surface area contributed by atoms with Crippen LogP contribution in [0.1, 0.15) is 42.0 Å². The molecule has 0 heterocycles. The zero-order valence-corrected chi connectivity index (χ0v) is 19.8. The first-order valence-electron chi connectivity index (χ1n) is 12.1. The summed E-state index contributed by atoms with van der Waals surface area (Å²) >= 11 is 0. The highest BCUT2D eigenvalue weighted by molar-refractivity contribution is 6.60. The van der Waals surface area contributed by atoms with Crippen molar-refractivity contribution in [3.05, 3.63) is 119 Å². The van der Waals surface area contributed by atoms with E-state index in [0.29, 0.717) is 17.5 Å². The van der Waals surface area contributed by atoms with Gasteiger partial charge in [0.1, 0.15) is 0 Å². The molecule has 0 fully saturated rings. The Bertz CT molecular complexity index is 1270. The molecule has 1 aliphatic rings. The number of hydrogen-bond donors (Lipinski definition) is 3. The lowest BCUT2D eigenvalue weighted by Crippen LogP contribution is -2.37. The molecular weight excluding hydrogens is 434 g/mol. The lowest BCUT2D eigenvalue weighted by atomic mass is 9.65. The maximum absolute atomic E-state index is 10.8. The molecule has 0 saturated carbocycles. The molecule has 5 rings (SSSR count). The van der Waals surface area contributed by atoms with Crippen molar-refractivity contribution in [2.45, 2.75) is 25.2 Å². The van der Waals surface area contributed by atoms with Gasteiger partial charge in [0.25, 0.3) is 0 Å². The Balaban J connectivity index is 1.80. The SMILES string of the molecule is CCCCOB(O)c1ccc2c(c1)C(c1ccccc1)(c1ccccc1)c1cc(B(O)O)ccc1-2. The van der Waals surface area contributed by atoms with Crippen LogP contribution in [0.4, 0.5) is 0 Å². The van der Waals surface area contributed by atoms with E-state index in [1.807, 2.05) is 66.7 Å². The summed E-state index contributed by atoms with van der Waals surface area (Å²) in [5, 5.41) is 30.9. The molecule has 0 bridgehead atoms. The monoisotopic (exact) mass is 462 g/mol. The second kappa shape index (κ2) is 9.84. The molecule has 4 aromatic carbocycles. The van der Waals surface area contributed by atoms with Gasteiger partial charge in [0.05, 0.1) is 5.41 Å². The average molecular weight is 462 g/mol. The second-order valence-corrected chi connectivity index (χ2v) is 9.04. The Morgan fingerprint density at radius 1 is 0.686 bits per heavy atom. The molecule has 4 nitrogen and oxygen atoms in total. The van der Waals surface area contributed by atoms with Gasteiger partial charge in [-0.3, -0.25) is 0 Å². The molecule has 35 heavy (non-hydrogen) atoms. The molecule has 1 aliphatic carbocycles. The first-order chi connectivity index (χ1) is 17.1. The topological polar surface area (TPSA) is 69.9 Å². The lowest BCUT2D eigenvalue weighted by molar-refractivity contribution is 0.264. The van der Waals surface area contributed by atoms with Crippen molar-refractivity contribution in [3.63, 3.8) is 0 Å². The van der Waals surface area contributed by atoms with Gasteiger partial charge in [-0.05, 0) is 50.7 Å². The smallest absolute Gasteiger partial charge is 0.423 e. The van der Waals surface area contributed by atoms with Crippen LogP contribution in [-0.4, -0.2) is 35.9 Å². The maximum atomic E-state index is 10.8. The van der Waals surface area contributed by atoms with E-state index in [9.17, 15) is 15.1 Å². The van der Waals surface area contributed by atoms with Gasteiger partial charge in [-0.1, -0.05) is 110 Å². The van der Waals surface area contributed by atoms with Crippen LogP contribution in [0.25, 0.3) is 11.1 Å². The fraction of sp³-hybridized carbons (Fsp3) is 0.172. The largest absolute Gasteiger partial charge is 0.491 e. The average Bonchev–Trinajstić information content (AvgIpc) is 3.19. The Labute approximate surface area is 207 Å². The number of benzene rings is 4. The van der Waals surface area contributed by atoms with E-state index in [1.54, 1.807) is 6.07 Å². The van der Waals surface area contributed by atoms with Gasteiger partial charge < -0.3 is 19.7 Å². The zero-order chi connectivity index (χ0) is 24.4. The molecule has 0 unspecified atom stereocenters. The predicted molar refractivity (Wildman–Crippen MR) is 142 cm³/mol. The maximum Gasteiger partial charge on any atom is 0.491 e. The van der Waals surface area contributed by atoms with Crippen LogP contribution in [0, 0.1) is 0 Å². The molecule has 174 valence electrons. The van der Waals surface area contributed by atoms with E-state index in [4.69, 9.17) is 4.65 Å². The minimum absolute atomic E-state index is 0.441. The van der Waals surface area contributed by atoms with Crippen LogP contribution >= 0.6 is 0 Å². The van der Waals surface area contributed by atoms with E-state index in [0.717, 1.165) is 46.2 Å². The van der Waals surface area contributed by atoms with Crippen molar-refractivity contribution in [3.8, 4) is 11.1 Å². The van der Waals surface area contributed by atoms with Crippen molar-refractivity contribution < 1.29 is 19.7 Å². The van der Waals surface area contributed by atoms with Gasteiger partial charge in [0, 0.05) is 6.61 Å². The molecule has 0 aliphatic heterocycles. The standard InChI is InChI=1S/C29H28B2O4/c1-2-3-18-35-31(34)24-15-17-26-25-16-14-23(30(32)33)19-27(25)29(28(26)20-24,21-10-6-4-7-11-21)22-12-8-5-9-13-22/h4-17,19-20,32-34H,2-3,18H2,1H3. The molecule has 4 aromatic rings. The fourth-order valence-corrected chi connectivity index (χ4v) is 5.27. The second-order valence-electron chi connectivity index (χ2n) is 9.04. The third kappa shape index (κ3) is 4.03. The first kappa shape index (κ1) is 23.6. The van der Waals surface area contributed by atoms with Crippen LogP contribution in [0.5, 0.6) is 0 Å². The molecule has 0 atom stereocenters. The van der Waals surface area contributed by atoms with Gasteiger partial charge in [-0.25, -0.2) is 0 Å². The van der Waals surface area contributed by atoms with Crippen LogP contribution in [0.2, 0.25) is 0 Å². The van der Waals surface area contributed by atoms with Gasteiger partial charge in [-0.2, -0.15) is 0 Å². The van der Waals surface area contributed by atoms with Gasteiger partial charge >= 0.3 is 14.2 Å². The highest BCUT2D eigenvalue weighted by Gasteiger charge is 2.46. The van der Waals surface area contributed by atoms with E-state index >= 15 is 0 Å². The third-order valence-electron chi connectivity index (χ3n) is 6.96. The van der Waals surface area contributed by atoms with E-state index < -0.39 is 19.7 Å². The molecule has 0 spiro atoms. The Morgan fingerprint density at radius 3 is 1.71 bits per heavy atom. The fourth-order valence-electron chi connectivity index (χ4n) is 5.27. The van der Waals surface area contributed by atoms with Crippen molar-refractivity contribution in [2.24, 2.45) is 0 Å². The normalized spacial score (nSPS) is 13.3. The molecule has 0 amide bonds. The van der Waals surface area contributed by atoms with Crippen LogP contribution in [0.15, 0.2) is 97.1 Å². The summed E-state index contributed by atoms with van der Waals surface area (Å²) < 4.78 is 5.72. The zero-order valence-electron chi connectivity index (χ0n) is 19.8. The van der Waals surface area contributed by atoms with E-state index in [-0.39, 0.29) is 0 Å². The van der Waals surface area contributed by atoms with Gasteiger partial charge in [-0.15, -0.1) is 0 Å². The highest BCUT2D eigenvalue weighted by Crippen LogP contribution is 2.55. The van der Waals surface area contributed by atoms with E-state index in [1.165, 1.54) is 0 Å². The van der Waals surface area contributed by atoms with Crippen molar-refractivity contribution in [1.82, 2.24) is 0 Å². The van der Waals surface area contributed by atoms with Crippen LogP contribution < -0.4 is 10.9 Å². The van der Waals surface area contributed by atoms with Crippen molar-refractivity contribution in [2.75, 3.05) is 6.61 Å². The minimum atomic E-state index is -1.57. The lowest BCUT2D eigenvalue weighted by Gasteiger charge is -2.34. The van der Waals surface area contributed by atoms with Crippen molar-refractivity contribution >= 4 is 25.2 Å². The molecule has 0 radical (unpaired) electrons. The minimum Gasteiger partial charge on any atom is -0.423 e. The summed E-state index contributed by atoms with van der Waals surface area (Å²) in [6.07, 6.45) is 1.88. The van der Waals surface area contributed by atoms with E-state index in [2.05, 4.69) is 31.2 Å². The Morgan fingerprint density at radius 2 is 1.20 bits per heavy atom. The molecular formula is C29H28B2O4. The number of rotatable bonds is 8. The molecule has 3 N–H and O–H groups in total. The molecule has 0 saturated heterocycles. The summed E-state index contributed by atoms with van der Waals surface area (Å²) in [6, 6.07) is 32.1. The summed E-state index contributed by atoms with van der Waals surface area (Å²) in [6.45, 7) is 2.59. The van der Waals surface area contributed by atoms with Gasteiger partial charge in [0.15, 0.2) is 0 Å². The van der Waals surface area contributed by atoms with Crippen molar-refractivity contribution in [1.29, 1.82) is 0 Å². The van der Waals surface area contributed by atoms with Crippen LogP contribution in [-0.2, 0) is 10.1 Å². The number of fused-ring (bicyclic) bond motifs is 3. The van der Waals surface area contributed by atoms with Gasteiger partial charge in [0.2, 0.25) is 0 Å². The quantitative estimate of drug-likeness (QED) is 0.245.